The van der Waals surface area contributed by atoms with Crippen molar-refractivity contribution < 1.29 is 0 Å². The fourth-order valence-corrected chi connectivity index (χ4v) is 2.91. The highest BCUT2D eigenvalue weighted by molar-refractivity contribution is 5.95. The van der Waals surface area contributed by atoms with Gasteiger partial charge in [-0.25, -0.2) is 0 Å². The second kappa shape index (κ2) is 6.80. The van der Waals surface area contributed by atoms with Crippen molar-refractivity contribution in [3.8, 4) is 11.1 Å². The highest BCUT2D eigenvalue weighted by Gasteiger charge is 2.09. The van der Waals surface area contributed by atoms with Crippen molar-refractivity contribution >= 4 is 10.8 Å². The van der Waals surface area contributed by atoms with Gasteiger partial charge in [-0.1, -0.05) is 48.5 Å². The zero-order valence-corrected chi connectivity index (χ0v) is 13.7. The molecule has 0 spiro atoms. The first-order valence-corrected chi connectivity index (χ1v) is 7.99. The summed E-state index contributed by atoms with van der Waals surface area (Å²) in [4.78, 5) is 14.9. The van der Waals surface area contributed by atoms with E-state index in [2.05, 4.69) is 31.1 Å². The highest BCUT2D eigenvalue weighted by atomic mass is 16.1. The number of pyridine rings is 1. The third-order valence-corrected chi connectivity index (χ3v) is 4.08. The number of hydrogen-bond acceptors (Lipinski definition) is 2. The van der Waals surface area contributed by atoms with Gasteiger partial charge in [0.15, 0.2) is 0 Å². The van der Waals surface area contributed by atoms with Crippen molar-refractivity contribution in [2.24, 2.45) is 0 Å². The third kappa shape index (κ3) is 3.35. The molecule has 0 aliphatic carbocycles. The molecular weight excluding hydrogens is 284 g/mol. The van der Waals surface area contributed by atoms with Crippen LogP contribution in [0.3, 0.4) is 0 Å². The Hall–Kier alpha value is -2.39. The molecule has 0 radical (unpaired) electrons. The van der Waals surface area contributed by atoms with E-state index in [9.17, 15) is 4.79 Å². The van der Waals surface area contributed by atoms with Gasteiger partial charge in [0.05, 0.1) is 0 Å². The van der Waals surface area contributed by atoms with E-state index in [0.717, 1.165) is 41.4 Å². The molecular formula is C20H22N2O. The number of benzene rings is 2. The molecule has 3 rings (SSSR count). The Bertz CT molecular complexity index is 850. The van der Waals surface area contributed by atoms with Crippen LogP contribution in [-0.4, -0.2) is 30.1 Å². The van der Waals surface area contributed by atoms with Gasteiger partial charge in [0, 0.05) is 23.7 Å². The van der Waals surface area contributed by atoms with Crippen LogP contribution in [0.15, 0.2) is 65.6 Å². The molecule has 0 saturated carbocycles. The van der Waals surface area contributed by atoms with Gasteiger partial charge in [-0.3, -0.25) is 4.79 Å². The highest BCUT2D eigenvalue weighted by Crippen LogP contribution is 2.26. The van der Waals surface area contributed by atoms with Crippen LogP contribution < -0.4 is 5.56 Å². The maximum Gasteiger partial charge on any atom is 0.258 e. The zero-order chi connectivity index (χ0) is 16.2. The van der Waals surface area contributed by atoms with Crippen molar-refractivity contribution in [3.63, 3.8) is 0 Å². The van der Waals surface area contributed by atoms with Crippen LogP contribution in [0.1, 0.15) is 6.42 Å². The molecule has 23 heavy (non-hydrogen) atoms. The summed E-state index contributed by atoms with van der Waals surface area (Å²) in [5, 5.41) is 1.81. The van der Waals surface area contributed by atoms with Gasteiger partial charge in [0.1, 0.15) is 0 Å². The molecule has 2 aromatic carbocycles. The lowest BCUT2D eigenvalue weighted by molar-refractivity contribution is 0.385. The minimum absolute atomic E-state index is 0.0963. The Morgan fingerprint density at radius 3 is 2.26 bits per heavy atom. The van der Waals surface area contributed by atoms with Gasteiger partial charge >= 0.3 is 0 Å². The maximum atomic E-state index is 12.7. The van der Waals surface area contributed by atoms with E-state index in [1.54, 1.807) is 0 Å². The summed E-state index contributed by atoms with van der Waals surface area (Å²) < 4.78 is 1.86. The Labute approximate surface area is 136 Å². The van der Waals surface area contributed by atoms with Gasteiger partial charge in [0.25, 0.3) is 5.56 Å². The fraction of sp³-hybridized carbons (Fsp3) is 0.250. The first-order chi connectivity index (χ1) is 11.2. The number of rotatable bonds is 5. The normalized spacial score (nSPS) is 11.3. The van der Waals surface area contributed by atoms with Gasteiger partial charge in [-0.2, -0.15) is 0 Å². The molecule has 118 valence electrons. The van der Waals surface area contributed by atoms with Crippen LogP contribution in [0.25, 0.3) is 21.9 Å². The number of fused-ring (bicyclic) bond motifs is 1. The molecule has 0 fully saturated rings. The topological polar surface area (TPSA) is 25.2 Å². The summed E-state index contributed by atoms with van der Waals surface area (Å²) in [6.45, 7) is 1.71. The Morgan fingerprint density at radius 1 is 0.913 bits per heavy atom. The van der Waals surface area contributed by atoms with E-state index in [4.69, 9.17) is 0 Å². The van der Waals surface area contributed by atoms with Crippen molar-refractivity contribution in [2.45, 2.75) is 13.0 Å². The number of hydrogen-bond donors (Lipinski definition) is 0. The average Bonchev–Trinajstić information content (AvgIpc) is 2.57. The van der Waals surface area contributed by atoms with Crippen LogP contribution in [0, 0.1) is 0 Å². The predicted molar refractivity (Wildman–Crippen MR) is 96.8 cm³/mol. The van der Waals surface area contributed by atoms with E-state index in [1.807, 2.05) is 53.2 Å². The number of aromatic nitrogens is 1. The standard InChI is InChI=1S/C20H22N2O/c1-21(2)13-8-14-22-15-19(16-9-4-3-5-10-16)17-11-6-7-12-18(17)20(22)23/h3-7,9-12,15H,8,13-14H2,1-2H3. The summed E-state index contributed by atoms with van der Waals surface area (Å²) in [6.07, 6.45) is 2.97. The van der Waals surface area contributed by atoms with E-state index in [-0.39, 0.29) is 5.56 Å². The molecule has 3 nitrogen and oxygen atoms in total. The molecule has 0 saturated heterocycles. The molecule has 3 aromatic rings. The van der Waals surface area contributed by atoms with Crippen LogP contribution in [0.4, 0.5) is 0 Å². The van der Waals surface area contributed by atoms with Crippen LogP contribution in [0.5, 0.6) is 0 Å². The molecule has 0 bridgehead atoms. The molecule has 1 aromatic heterocycles. The lowest BCUT2D eigenvalue weighted by Gasteiger charge is -2.14. The monoisotopic (exact) mass is 306 g/mol. The SMILES string of the molecule is CN(C)CCCn1cc(-c2ccccc2)c2ccccc2c1=O. The zero-order valence-electron chi connectivity index (χ0n) is 13.7. The van der Waals surface area contributed by atoms with Crippen LogP contribution in [0.2, 0.25) is 0 Å². The van der Waals surface area contributed by atoms with E-state index in [1.165, 1.54) is 0 Å². The Kier molecular flexibility index (Phi) is 4.58. The minimum atomic E-state index is 0.0963. The van der Waals surface area contributed by atoms with Crippen LogP contribution in [-0.2, 0) is 6.54 Å². The summed E-state index contributed by atoms with van der Waals surface area (Å²) in [5.74, 6) is 0. The third-order valence-electron chi connectivity index (χ3n) is 4.08. The molecule has 0 aliphatic rings. The van der Waals surface area contributed by atoms with Gasteiger partial charge in [-0.15, -0.1) is 0 Å². The first-order valence-electron chi connectivity index (χ1n) is 7.99. The number of nitrogens with zero attached hydrogens (tertiary/aromatic N) is 2. The molecule has 3 heteroatoms. The fourth-order valence-electron chi connectivity index (χ4n) is 2.91. The molecule has 0 unspecified atom stereocenters. The lowest BCUT2D eigenvalue weighted by atomic mass is 10.0. The second-order valence-electron chi connectivity index (χ2n) is 6.11. The van der Waals surface area contributed by atoms with Gasteiger partial charge < -0.3 is 9.47 Å². The molecule has 0 amide bonds. The second-order valence-corrected chi connectivity index (χ2v) is 6.11. The summed E-state index contributed by atoms with van der Waals surface area (Å²) in [6, 6.07) is 18.1. The minimum Gasteiger partial charge on any atom is -0.314 e. The molecule has 0 atom stereocenters. The number of aryl methyl sites for hydroxylation is 1. The first kappa shape index (κ1) is 15.5. The summed E-state index contributed by atoms with van der Waals surface area (Å²) in [7, 11) is 4.11. The molecule has 0 N–H and O–H groups in total. The van der Waals surface area contributed by atoms with Crippen LogP contribution >= 0.6 is 0 Å². The van der Waals surface area contributed by atoms with Crippen molar-refractivity contribution in [2.75, 3.05) is 20.6 Å². The van der Waals surface area contributed by atoms with Crippen molar-refractivity contribution in [1.29, 1.82) is 0 Å². The Balaban J connectivity index is 2.11. The smallest absolute Gasteiger partial charge is 0.258 e. The average molecular weight is 306 g/mol. The molecule has 0 aliphatic heterocycles. The van der Waals surface area contributed by atoms with E-state index in [0.29, 0.717) is 0 Å². The van der Waals surface area contributed by atoms with Gasteiger partial charge in [0.2, 0.25) is 0 Å². The molecule has 1 heterocycles. The summed E-state index contributed by atoms with van der Waals surface area (Å²) >= 11 is 0. The van der Waals surface area contributed by atoms with Gasteiger partial charge in [-0.05, 0) is 44.1 Å². The van der Waals surface area contributed by atoms with E-state index < -0.39 is 0 Å². The van der Waals surface area contributed by atoms with Crippen molar-refractivity contribution in [1.82, 2.24) is 9.47 Å². The maximum absolute atomic E-state index is 12.7. The Morgan fingerprint density at radius 2 is 1.57 bits per heavy atom. The van der Waals surface area contributed by atoms with Crippen molar-refractivity contribution in [3.05, 3.63) is 71.1 Å². The largest absolute Gasteiger partial charge is 0.314 e. The van der Waals surface area contributed by atoms with E-state index >= 15 is 0 Å². The predicted octanol–water partition coefficient (Wildman–Crippen LogP) is 3.62. The summed E-state index contributed by atoms with van der Waals surface area (Å²) in [5.41, 5.74) is 2.36. The lowest BCUT2D eigenvalue weighted by Crippen LogP contribution is -2.23. The quantitative estimate of drug-likeness (QED) is 0.719.